The van der Waals surface area contributed by atoms with Crippen LogP contribution in [0.1, 0.15) is 92.4 Å². The van der Waals surface area contributed by atoms with Gasteiger partial charge in [0.15, 0.2) is 6.29 Å². The molecule has 2 rings (SSSR count). The molecule has 31 heavy (non-hydrogen) atoms. The maximum atomic E-state index is 10.6. The number of hydrogen-bond donors (Lipinski definition) is 1. The largest absolute Gasteiger partial charge is 0.390 e. The number of unbranched alkanes of at least 4 members (excludes halogenated alkanes) is 3. The maximum absolute atomic E-state index is 10.6. The van der Waals surface area contributed by atoms with Crippen molar-refractivity contribution in [2.24, 2.45) is 5.92 Å². The van der Waals surface area contributed by atoms with E-state index in [1.807, 2.05) is 6.92 Å². The van der Waals surface area contributed by atoms with Gasteiger partial charge in [0.2, 0.25) is 0 Å². The molecule has 1 heterocycles. The second-order valence-electron chi connectivity index (χ2n) is 9.35. The summed E-state index contributed by atoms with van der Waals surface area (Å²) in [6.07, 6.45) is 6.85. The Labute approximate surface area is 190 Å². The molecular weight excluding hydrogens is 396 g/mol. The number of aliphatic hydroxyl groups is 1. The molecule has 0 aromatic rings. The first-order valence-corrected chi connectivity index (χ1v) is 12.9. The second kappa shape index (κ2) is 14.8. The predicted molar refractivity (Wildman–Crippen MR) is 122 cm³/mol. The van der Waals surface area contributed by atoms with E-state index >= 15 is 0 Å². The van der Waals surface area contributed by atoms with E-state index in [1.165, 1.54) is 0 Å². The summed E-state index contributed by atoms with van der Waals surface area (Å²) >= 11 is 0. The molecule has 6 nitrogen and oxygen atoms in total. The van der Waals surface area contributed by atoms with Crippen molar-refractivity contribution in [3.8, 4) is 0 Å². The first-order valence-electron chi connectivity index (χ1n) is 12.9. The van der Waals surface area contributed by atoms with E-state index in [0.717, 1.165) is 57.8 Å². The molecule has 184 valence electrons. The van der Waals surface area contributed by atoms with E-state index in [9.17, 15) is 5.11 Å². The zero-order chi connectivity index (χ0) is 22.6. The molecule has 2 fully saturated rings. The molecule has 8 atom stereocenters. The molecule has 2 aliphatic rings. The average molecular weight is 445 g/mol. The quantitative estimate of drug-likeness (QED) is 0.386. The minimum atomic E-state index is -0.565. The van der Waals surface area contributed by atoms with Gasteiger partial charge in [-0.25, -0.2) is 0 Å². The van der Waals surface area contributed by atoms with Crippen molar-refractivity contribution >= 4 is 0 Å². The fourth-order valence-electron chi connectivity index (χ4n) is 4.51. The smallest absolute Gasteiger partial charge is 0.187 e. The summed E-state index contributed by atoms with van der Waals surface area (Å²) in [6.45, 7) is 12.7. The van der Waals surface area contributed by atoms with Gasteiger partial charge in [-0.2, -0.15) is 0 Å². The molecule has 0 aromatic heterocycles. The summed E-state index contributed by atoms with van der Waals surface area (Å²) < 4.78 is 31.8. The first-order chi connectivity index (χ1) is 15.0. The fraction of sp³-hybridized carbons (Fsp3) is 1.00. The van der Waals surface area contributed by atoms with Crippen LogP contribution in [0.5, 0.6) is 0 Å². The summed E-state index contributed by atoms with van der Waals surface area (Å²) in [6, 6.07) is 0. The van der Waals surface area contributed by atoms with Gasteiger partial charge < -0.3 is 28.8 Å². The molecule has 0 amide bonds. The van der Waals surface area contributed by atoms with Crippen LogP contribution in [0.25, 0.3) is 0 Å². The molecule has 0 radical (unpaired) electrons. The fourth-order valence-corrected chi connectivity index (χ4v) is 4.51. The van der Waals surface area contributed by atoms with E-state index < -0.39 is 12.4 Å². The highest BCUT2D eigenvalue weighted by molar-refractivity contribution is 4.93. The lowest BCUT2D eigenvalue weighted by molar-refractivity contribution is -0.334. The minimum absolute atomic E-state index is 0.171. The topological polar surface area (TPSA) is 66.4 Å². The first kappa shape index (κ1) is 27.0. The monoisotopic (exact) mass is 444 g/mol. The summed E-state index contributed by atoms with van der Waals surface area (Å²) in [5.74, 6) is 0.289. The van der Waals surface area contributed by atoms with Crippen molar-refractivity contribution in [2.75, 3.05) is 19.8 Å². The molecule has 0 spiro atoms. The van der Waals surface area contributed by atoms with Gasteiger partial charge in [-0.05, 0) is 44.9 Å². The predicted octanol–water partition coefficient (Wildman–Crippen LogP) is 4.85. The summed E-state index contributed by atoms with van der Waals surface area (Å²) in [4.78, 5) is 0. The zero-order valence-electron chi connectivity index (χ0n) is 20.6. The maximum Gasteiger partial charge on any atom is 0.187 e. The second-order valence-corrected chi connectivity index (χ2v) is 9.35. The third kappa shape index (κ3) is 8.24. The normalized spacial score (nSPS) is 36.6. The Balaban J connectivity index is 2.19. The standard InChI is InChI=1S/C25H48O6/c1-6-9-15-27-22-19(5)30-25(31-21-18(4)13-12-14-20(21)26)24(29-17-11-8-3)23(22)28-16-10-7-2/h18-26H,6-17H2,1-5H3. The van der Waals surface area contributed by atoms with Gasteiger partial charge in [0.1, 0.15) is 18.3 Å². The molecule has 1 aliphatic carbocycles. The molecule has 0 bridgehead atoms. The van der Waals surface area contributed by atoms with Crippen molar-refractivity contribution in [3.05, 3.63) is 0 Å². The third-order valence-electron chi connectivity index (χ3n) is 6.54. The van der Waals surface area contributed by atoms with Gasteiger partial charge in [-0.15, -0.1) is 0 Å². The van der Waals surface area contributed by atoms with Crippen LogP contribution in [0, 0.1) is 5.92 Å². The van der Waals surface area contributed by atoms with Crippen molar-refractivity contribution in [1.82, 2.24) is 0 Å². The molecule has 1 saturated carbocycles. The average Bonchev–Trinajstić information content (AvgIpc) is 2.74. The summed E-state index contributed by atoms with van der Waals surface area (Å²) in [5.41, 5.74) is 0. The molecule has 0 aromatic carbocycles. The molecule has 1 saturated heterocycles. The minimum Gasteiger partial charge on any atom is -0.390 e. The van der Waals surface area contributed by atoms with Crippen molar-refractivity contribution in [2.45, 2.75) is 135 Å². The van der Waals surface area contributed by atoms with Crippen LogP contribution in [-0.2, 0) is 23.7 Å². The Bertz CT molecular complexity index is 451. The molecular formula is C25H48O6. The van der Waals surface area contributed by atoms with E-state index in [2.05, 4.69) is 27.7 Å². The molecule has 1 N–H and O–H groups in total. The van der Waals surface area contributed by atoms with Crippen molar-refractivity contribution in [3.63, 3.8) is 0 Å². The Morgan fingerprint density at radius 3 is 1.84 bits per heavy atom. The van der Waals surface area contributed by atoms with Crippen molar-refractivity contribution < 1.29 is 28.8 Å². The van der Waals surface area contributed by atoms with Gasteiger partial charge in [-0.3, -0.25) is 0 Å². The van der Waals surface area contributed by atoms with Crippen LogP contribution in [-0.4, -0.2) is 67.8 Å². The number of rotatable bonds is 14. The van der Waals surface area contributed by atoms with Crippen LogP contribution in [0.2, 0.25) is 0 Å². The van der Waals surface area contributed by atoms with Gasteiger partial charge in [0.25, 0.3) is 0 Å². The lowest BCUT2D eigenvalue weighted by atomic mass is 9.85. The summed E-state index contributed by atoms with van der Waals surface area (Å²) in [7, 11) is 0. The van der Waals surface area contributed by atoms with Gasteiger partial charge in [0, 0.05) is 19.8 Å². The Hall–Kier alpha value is -0.240. The number of ether oxygens (including phenoxy) is 5. The van der Waals surface area contributed by atoms with Gasteiger partial charge in [-0.1, -0.05) is 53.4 Å². The summed E-state index contributed by atoms with van der Waals surface area (Å²) in [5, 5.41) is 10.6. The highest BCUT2D eigenvalue weighted by Crippen LogP contribution is 2.34. The highest BCUT2D eigenvalue weighted by atomic mass is 16.7. The third-order valence-corrected chi connectivity index (χ3v) is 6.54. The number of hydrogen-bond acceptors (Lipinski definition) is 6. The SMILES string of the molecule is CCCCOC1C(C)OC(OC2C(C)CCCC2O)C(OCCCC)C1OCCCC. The van der Waals surface area contributed by atoms with Crippen molar-refractivity contribution in [1.29, 1.82) is 0 Å². The van der Waals surface area contributed by atoms with Crippen LogP contribution >= 0.6 is 0 Å². The Morgan fingerprint density at radius 2 is 1.29 bits per heavy atom. The van der Waals surface area contributed by atoms with E-state index in [0.29, 0.717) is 19.8 Å². The lowest BCUT2D eigenvalue weighted by Gasteiger charge is -2.47. The van der Waals surface area contributed by atoms with E-state index in [-0.39, 0.29) is 36.4 Å². The molecule has 1 aliphatic heterocycles. The Kier molecular flexibility index (Phi) is 12.9. The van der Waals surface area contributed by atoms with E-state index in [4.69, 9.17) is 23.7 Å². The van der Waals surface area contributed by atoms with E-state index in [1.54, 1.807) is 0 Å². The zero-order valence-corrected chi connectivity index (χ0v) is 20.6. The molecule has 6 heteroatoms. The van der Waals surface area contributed by atoms with Crippen LogP contribution in [0.15, 0.2) is 0 Å². The highest BCUT2D eigenvalue weighted by Gasteiger charge is 2.49. The van der Waals surface area contributed by atoms with Gasteiger partial charge in [0.05, 0.1) is 18.3 Å². The Morgan fingerprint density at radius 1 is 0.742 bits per heavy atom. The lowest BCUT2D eigenvalue weighted by Crippen LogP contribution is -2.61. The molecule has 8 unspecified atom stereocenters. The van der Waals surface area contributed by atoms with Crippen LogP contribution in [0.4, 0.5) is 0 Å². The number of aliphatic hydroxyl groups excluding tert-OH is 1. The van der Waals surface area contributed by atoms with Crippen LogP contribution < -0.4 is 0 Å². The van der Waals surface area contributed by atoms with Crippen LogP contribution in [0.3, 0.4) is 0 Å². The van der Waals surface area contributed by atoms with Gasteiger partial charge >= 0.3 is 0 Å².